The lowest BCUT2D eigenvalue weighted by molar-refractivity contribution is 0.205. The van der Waals surface area contributed by atoms with Crippen molar-refractivity contribution in [2.24, 2.45) is 0 Å². The number of hydrogen-bond acceptors (Lipinski definition) is 5. The molecule has 0 saturated heterocycles. The zero-order chi connectivity index (χ0) is 26.7. The zero-order valence-electron chi connectivity index (χ0n) is 22.8. The molecule has 2 N–H and O–H groups in total. The molecule has 0 radical (unpaired) electrons. The van der Waals surface area contributed by atoms with Crippen LogP contribution in [0.5, 0.6) is 5.75 Å². The van der Waals surface area contributed by atoms with E-state index in [-0.39, 0.29) is 11.7 Å². The number of fused-ring (bicyclic) bond motifs is 1. The minimum absolute atomic E-state index is 0.168. The Morgan fingerprint density at radius 1 is 0.914 bits per heavy atom. The number of pyridine rings is 3. The van der Waals surface area contributed by atoms with Crippen molar-refractivity contribution in [3.8, 4) is 5.75 Å². The molecule has 0 aliphatic carbocycles. The van der Waals surface area contributed by atoms with E-state index in [1.165, 1.54) is 6.07 Å². The first-order valence-electron chi connectivity index (χ1n) is 12.1. The van der Waals surface area contributed by atoms with Crippen molar-refractivity contribution in [1.29, 1.82) is 0 Å². The average molecular weight is 482 g/mol. The van der Waals surface area contributed by atoms with E-state index in [0.29, 0.717) is 11.5 Å². The normalized spacial score (nSPS) is 9.94. The molecule has 0 amide bonds. The van der Waals surface area contributed by atoms with Gasteiger partial charge in [0.2, 0.25) is 0 Å². The molecule has 0 aliphatic heterocycles. The zero-order valence-corrected chi connectivity index (χ0v) is 22.8. The second-order valence-electron chi connectivity index (χ2n) is 7.92. The van der Waals surface area contributed by atoms with Crippen molar-refractivity contribution in [2.45, 2.75) is 75.2 Å². The Labute approximate surface area is 209 Å². The van der Waals surface area contributed by atoms with E-state index in [2.05, 4.69) is 28.8 Å². The summed E-state index contributed by atoms with van der Waals surface area (Å²) in [6, 6.07) is 7.51. The molecule has 0 aromatic carbocycles. The first-order chi connectivity index (χ1) is 16.7. The van der Waals surface area contributed by atoms with Gasteiger partial charge >= 0.3 is 0 Å². The molecular weight excluding hydrogens is 441 g/mol. The second kappa shape index (κ2) is 14.0. The highest BCUT2D eigenvalue weighted by molar-refractivity contribution is 5.80. The topological polar surface area (TPSA) is 78.8 Å². The number of anilines is 1. The van der Waals surface area contributed by atoms with Crippen LogP contribution in [0.3, 0.4) is 0 Å². The molecule has 4 aromatic rings. The Morgan fingerprint density at radius 3 is 2.14 bits per heavy atom. The van der Waals surface area contributed by atoms with Crippen LogP contribution in [0.25, 0.3) is 10.9 Å². The number of halogens is 1. The molecule has 190 valence electrons. The van der Waals surface area contributed by atoms with Gasteiger partial charge in [-0.15, -0.1) is 0 Å². The first-order valence-corrected chi connectivity index (χ1v) is 12.1. The van der Waals surface area contributed by atoms with Crippen LogP contribution in [0, 0.1) is 33.5 Å². The van der Waals surface area contributed by atoms with Crippen LogP contribution in [0.15, 0.2) is 42.9 Å². The summed E-state index contributed by atoms with van der Waals surface area (Å²) in [4.78, 5) is 18.1. The second-order valence-corrected chi connectivity index (χ2v) is 7.92. The van der Waals surface area contributed by atoms with Gasteiger partial charge < -0.3 is 10.6 Å². The summed E-state index contributed by atoms with van der Waals surface area (Å²) in [6.07, 6.45) is 5.12. The van der Waals surface area contributed by atoms with Crippen LogP contribution < -0.4 is 10.6 Å². The highest BCUT2D eigenvalue weighted by Crippen LogP contribution is 2.28. The quantitative estimate of drug-likeness (QED) is 0.328. The summed E-state index contributed by atoms with van der Waals surface area (Å²) in [6.45, 7) is 19.6. The van der Waals surface area contributed by atoms with Crippen molar-refractivity contribution in [3.63, 3.8) is 0 Å². The molecule has 4 heterocycles. The Hall–Kier alpha value is -3.48. The molecule has 0 saturated carbocycles. The molecule has 4 aromatic heterocycles. The third kappa shape index (κ3) is 7.77. The van der Waals surface area contributed by atoms with Crippen molar-refractivity contribution < 1.29 is 9.23 Å². The third-order valence-electron chi connectivity index (χ3n) is 4.87. The van der Waals surface area contributed by atoms with Crippen molar-refractivity contribution in [3.05, 3.63) is 76.9 Å². The van der Waals surface area contributed by atoms with E-state index < -0.39 is 5.82 Å². The maximum atomic E-state index is 14.2. The van der Waals surface area contributed by atoms with Crippen LogP contribution >= 0.6 is 0 Å². The molecule has 0 fully saturated rings. The predicted molar refractivity (Wildman–Crippen MR) is 144 cm³/mol. The molecule has 0 bridgehead atoms. The van der Waals surface area contributed by atoms with Gasteiger partial charge in [-0.25, -0.2) is 9.37 Å². The average Bonchev–Trinajstić information content (AvgIpc) is 3.20. The molecule has 0 atom stereocenters. The van der Waals surface area contributed by atoms with E-state index in [1.54, 1.807) is 24.0 Å². The van der Waals surface area contributed by atoms with Crippen LogP contribution in [-0.4, -0.2) is 19.7 Å². The van der Waals surface area contributed by atoms with Gasteiger partial charge in [-0.1, -0.05) is 47.6 Å². The van der Waals surface area contributed by atoms with E-state index in [4.69, 9.17) is 10.6 Å². The number of aryl methyl sites for hydroxylation is 4. The number of hydrogen-bond donors (Lipinski definition) is 1. The maximum Gasteiger partial charge on any atom is 0.194 e. The summed E-state index contributed by atoms with van der Waals surface area (Å²) in [5.74, 6) is 0.588. The lowest BCUT2D eigenvalue weighted by Crippen LogP contribution is -2.11. The van der Waals surface area contributed by atoms with Gasteiger partial charge in [0.15, 0.2) is 11.6 Å². The van der Waals surface area contributed by atoms with Gasteiger partial charge in [0.05, 0.1) is 16.9 Å². The van der Waals surface area contributed by atoms with Gasteiger partial charge in [0.1, 0.15) is 5.82 Å². The van der Waals surface area contributed by atoms with Gasteiger partial charge in [-0.05, 0) is 56.9 Å². The summed E-state index contributed by atoms with van der Waals surface area (Å²) in [5.41, 5.74) is 10.7. The fraction of sp³-hybridized carbons (Fsp3) is 0.393. The molecular formula is C28H40FN5O. The largest absolute Gasteiger partial charge is 0.383 e. The smallest absolute Gasteiger partial charge is 0.194 e. The SMILES string of the molecule is CC.CC.Cc1cc2c(cn1)cc(C(C)C)n2Oc1ccnc(C)c1F.Cc1cnc(N)c(C)c1. The number of aromatic nitrogens is 4. The number of rotatable bonds is 3. The Morgan fingerprint density at radius 2 is 1.57 bits per heavy atom. The van der Waals surface area contributed by atoms with Crippen LogP contribution in [0.1, 0.15) is 75.7 Å². The van der Waals surface area contributed by atoms with Crippen LogP contribution in [-0.2, 0) is 0 Å². The van der Waals surface area contributed by atoms with E-state index in [9.17, 15) is 4.39 Å². The molecule has 7 heteroatoms. The molecule has 0 aliphatic rings. The van der Waals surface area contributed by atoms with Crippen LogP contribution in [0.4, 0.5) is 10.2 Å². The number of nitrogens with two attached hydrogens (primary N) is 1. The highest BCUT2D eigenvalue weighted by Gasteiger charge is 2.16. The van der Waals surface area contributed by atoms with Crippen molar-refractivity contribution >= 4 is 16.7 Å². The molecule has 35 heavy (non-hydrogen) atoms. The molecule has 4 rings (SSSR count). The van der Waals surface area contributed by atoms with E-state index >= 15 is 0 Å². The Kier molecular flexibility index (Phi) is 11.9. The lowest BCUT2D eigenvalue weighted by atomic mass is 10.1. The Balaban J connectivity index is 0.000000394. The summed E-state index contributed by atoms with van der Waals surface area (Å²) >= 11 is 0. The summed E-state index contributed by atoms with van der Waals surface area (Å²) < 4.78 is 15.9. The number of nitrogens with zero attached hydrogens (tertiary/aromatic N) is 4. The fourth-order valence-corrected chi connectivity index (χ4v) is 3.12. The molecule has 0 unspecified atom stereocenters. The Bertz CT molecular complexity index is 1220. The first kappa shape index (κ1) is 29.6. The predicted octanol–water partition coefficient (Wildman–Crippen LogP) is 7.49. The van der Waals surface area contributed by atoms with Crippen molar-refractivity contribution in [2.75, 3.05) is 5.73 Å². The minimum Gasteiger partial charge on any atom is -0.383 e. The van der Waals surface area contributed by atoms with E-state index in [0.717, 1.165) is 33.4 Å². The fourth-order valence-electron chi connectivity index (χ4n) is 3.12. The van der Waals surface area contributed by atoms with Gasteiger partial charge in [0.25, 0.3) is 0 Å². The molecule has 6 nitrogen and oxygen atoms in total. The van der Waals surface area contributed by atoms with Gasteiger partial charge in [0, 0.05) is 35.7 Å². The summed E-state index contributed by atoms with van der Waals surface area (Å²) in [5, 5.41) is 0.973. The van der Waals surface area contributed by atoms with E-state index in [1.807, 2.05) is 72.9 Å². The summed E-state index contributed by atoms with van der Waals surface area (Å²) in [7, 11) is 0. The van der Waals surface area contributed by atoms with Crippen molar-refractivity contribution in [1.82, 2.24) is 19.7 Å². The number of nitrogen functional groups attached to an aromatic ring is 1. The van der Waals surface area contributed by atoms with Gasteiger partial charge in [-0.3, -0.25) is 9.97 Å². The monoisotopic (exact) mass is 481 g/mol. The maximum absolute atomic E-state index is 14.2. The molecule has 0 spiro atoms. The van der Waals surface area contributed by atoms with Crippen LogP contribution in [0.2, 0.25) is 0 Å². The van der Waals surface area contributed by atoms with Gasteiger partial charge in [-0.2, -0.15) is 4.73 Å². The lowest BCUT2D eigenvalue weighted by Gasteiger charge is -2.14. The standard InChI is InChI=1S/C17H18FN3O.C7H10N2.2C2H6/c1-10(2)14-8-13-9-20-11(3)7-15(13)21(14)22-16-5-6-19-12(4)17(16)18;1-5-3-6(2)7(8)9-4-5;2*1-2/h5-10H,1-4H3;3-4H,1-2H3,(H2,8,9);2*1-2H3. The highest BCUT2D eigenvalue weighted by atomic mass is 19.1. The third-order valence-corrected chi connectivity index (χ3v) is 4.87. The minimum atomic E-state index is -0.440.